The van der Waals surface area contributed by atoms with Gasteiger partial charge in [0, 0.05) is 0 Å². The topological polar surface area (TPSA) is 34.1 Å². The summed E-state index contributed by atoms with van der Waals surface area (Å²) in [5.41, 5.74) is 0. The molecule has 0 spiro atoms. The van der Waals surface area contributed by atoms with E-state index in [9.17, 15) is 9.59 Å². The molecule has 0 aliphatic carbocycles. The number of carbonyl (C=O) groups is 2. The van der Waals surface area contributed by atoms with Crippen molar-refractivity contribution >= 4 is 12.6 Å². The van der Waals surface area contributed by atoms with Gasteiger partial charge in [-0.2, -0.15) is 0 Å². The van der Waals surface area contributed by atoms with Crippen LogP contribution in [0.15, 0.2) is 0 Å². The molecule has 0 heterocycles. The summed E-state index contributed by atoms with van der Waals surface area (Å²) in [7, 11) is 0. The third-order valence-electron chi connectivity index (χ3n) is 0.526. The molecule has 0 unspecified atom stereocenters. The van der Waals surface area contributed by atoms with Gasteiger partial charge in [-0.25, -0.2) is 0 Å². The average Bonchev–Trinajstić information content (AvgIpc) is 1.69. The first-order valence-corrected chi connectivity index (χ1v) is 2.10. The Morgan fingerprint density at radius 2 is 1.50 bits per heavy atom. The van der Waals surface area contributed by atoms with E-state index in [1.54, 1.807) is 6.42 Å². The Hall–Kier alpha value is 1.15. The third-order valence-corrected chi connectivity index (χ3v) is 0.526. The molecule has 0 radical (unpaired) electrons. The molecule has 2 nitrogen and oxygen atoms in total. The van der Waals surface area contributed by atoms with E-state index in [-0.39, 0.29) is 58.2 Å². The van der Waals surface area contributed by atoms with Crippen LogP contribution in [0.1, 0.15) is 12.8 Å². The van der Waals surface area contributed by atoms with E-state index in [0.29, 0.717) is 12.8 Å². The van der Waals surface area contributed by atoms with Crippen molar-refractivity contribution in [2.24, 2.45) is 0 Å². The molecule has 3 heteroatoms. The maximum Gasteiger partial charge on any atom is 1.00 e. The molecular formula is C5H7O2Rb. The fourth-order valence-electron chi connectivity index (χ4n) is 0.232. The van der Waals surface area contributed by atoms with Gasteiger partial charge in [0.25, 0.3) is 0 Å². The number of carbonyl (C=O) groups excluding carboxylic acids is 2. The van der Waals surface area contributed by atoms with Crippen LogP contribution >= 0.6 is 0 Å². The second-order valence-electron chi connectivity index (χ2n) is 1.09. The first-order valence-electron chi connectivity index (χ1n) is 2.10. The van der Waals surface area contributed by atoms with Crippen molar-refractivity contribution in [3.05, 3.63) is 6.42 Å². The molecule has 0 aliphatic heterocycles. The Kier molecular flexibility index (Phi) is 16.4. The second kappa shape index (κ2) is 11.0. The summed E-state index contributed by atoms with van der Waals surface area (Å²) in [6.07, 6.45) is 3.94. The van der Waals surface area contributed by atoms with Gasteiger partial charge < -0.3 is 16.0 Å². The van der Waals surface area contributed by atoms with Gasteiger partial charge in [-0.15, -0.1) is 12.8 Å². The van der Waals surface area contributed by atoms with Crippen LogP contribution in [0.4, 0.5) is 0 Å². The largest absolute Gasteiger partial charge is 1.00 e. The Bertz CT molecular complexity index is 55.4. The van der Waals surface area contributed by atoms with E-state index in [1.165, 1.54) is 0 Å². The normalized spacial score (nSPS) is 7.00. The van der Waals surface area contributed by atoms with Crippen molar-refractivity contribution in [2.75, 3.05) is 0 Å². The molecule has 0 aromatic carbocycles. The van der Waals surface area contributed by atoms with Gasteiger partial charge in [0.1, 0.15) is 0 Å². The van der Waals surface area contributed by atoms with Crippen molar-refractivity contribution < 1.29 is 67.8 Å². The minimum Gasteiger partial charge on any atom is -0.315 e. The summed E-state index contributed by atoms with van der Waals surface area (Å²) in [6.45, 7) is 0. The molecule has 0 bridgehead atoms. The molecule has 0 saturated carbocycles. The summed E-state index contributed by atoms with van der Waals surface area (Å²) in [5, 5.41) is 0. The van der Waals surface area contributed by atoms with Gasteiger partial charge in [0.05, 0.1) is 12.6 Å². The van der Waals surface area contributed by atoms with Crippen molar-refractivity contribution in [3.63, 3.8) is 0 Å². The predicted molar refractivity (Wildman–Crippen MR) is 25.7 cm³/mol. The van der Waals surface area contributed by atoms with Crippen molar-refractivity contribution in [2.45, 2.75) is 12.8 Å². The Labute approximate surface area is 97.8 Å². The van der Waals surface area contributed by atoms with E-state index >= 15 is 0 Å². The van der Waals surface area contributed by atoms with E-state index in [2.05, 4.69) is 0 Å². The van der Waals surface area contributed by atoms with Crippen LogP contribution in [0.25, 0.3) is 0 Å². The first kappa shape index (κ1) is 11.9. The fraction of sp³-hybridized carbons (Fsp3) is 0.400. The molecule has 8 heavy (non-hydrogen) atoms. The molecule has 40 valence electrons. The number of unbranched alkanes of at least 4 members (excludes halogenated alkanes) is 2. The minimum atomic E-state index is 0. The Balaban J connectivity index is 0. The van der Waals surface area contributed by atoms with Gasteiger partial charge in [-0.3, -0.25) is 0 Å². The van der Waals surface area contributed by atoms with Crippen molar-refractivity contribution in [1.29, 1.82) is 0 Å². The minimum absolute atomic E-state index is 0. The van der Waals surface area contributed by atoms with Crippen LogP contribution in [-0.4, -0.2) is 12.6 Å². The molecule has 0 aliphatic rings. The van der Waals surface area contributed by atoms with Gasteiger partial charge in [0.2, 0.25) is 0 Å². The molecule has 0 atom stereocenters. The zero-order valence-electron chi connectivity index (χ0n) is 4.96. The van der Waals surface area contributed by atoms with Crippen LogP contribution in [0, 0.1) is 6.42 Å². The number of hydrogen-bond acceptors (Lipinski definition) is 2. The average molecular weight is 185 g/mol. The van der Waals surface area contributed by atoms with Gasteiger partial charge >= 0.3 is 58.2 Å². The van der Waals surface area contributed by atoms with Crippen LogP contribution in [-0.2, 0) is 9.59 Å². The third kappa shape index (κ3) is 10.2. The molecular weight excluding hydrogens is 178 g/mol. The van der Waals surface area contributed by atoms with Gasteiger partial charge in [-0.1, -0.05) is 0 Å². The molecule has 0 aromatic heterocycles. The first-order chi connectivity index (χ1) is 3.41. The molecule has 0 amide bonds. The maximum atomic E-state index is 9.53. The summed E-state index contributed by atoms with van der Waals surface area (Å²) < 4.78 is 0. The van der Waals surface area contributed by atoms with Gasteiger partial charge in [-0.05, 0) is 0 Å². The van der Waals surface area contributed by atoms with E-state index in [4.69, 9.17) is 0 Å². The van der Waals surface area contributed by atoms with Gasteiger partial charge in [0.15, 0.2) is 0 Å². The zero-order valence-corrected chi connectivity index (χ0v) is 9.88. The summed E-state index contributed by atoms with van der Waals surface area (Å²) in [6, 6.07) is 0. The molecule has 0 aromatic rings. The van der Waals surface area contributed by atoms with E-state index in [1.807, 2.05) is 0 Å². The van der Waals surface area contributed by atoms with Crippen LogP contribution < -0.4 is 58.2 Å². The van der Waals surface area contributed by atoms with Crippen LogP contribution in [0.2, 0.25) is 0 Å². The Morgan fingerprint density at radius 1 is 1.12 bits per heavy atom. The smallest absolute Gasteiger partial charge is 0.315 e. The zero-order chi connectivity index (χ0) is 5.54. The predicted octanol–water partition coefficient (Wildman–Crippen LogP) is -2.63. The fourth-order valence-corrected chi connectivity index (χ4v) is 0.232. The maximum absolute atomic E-state index is 9.53. The molecule has 0 saturated heterocycles. The van der Waals surface area contributed by atoms with Crippen LogP contribution in [0.3, 0.4) is 0 Å². The van der Waals surface area contributed by atoms with E-state index in [0.717, 1.165) is 12.6 Å². The molecule has 0 fully saturated rings. The van der Waals surface area contributed by atoms with Crippen molar-refractivity contribution in [3.8, 4) is 0 Å². The molecule has 0 N–H and O–H groups in total. The molecule has 0 rings (SSSR count). The quantitative estimate of drug-likeness (QED) is 0.272. The monoisotopic (exact) mass is 184 g/mol. The Morgan fingerprint density at radius 3 is 1.75 bits per heavy atom. The number of hydrogen-bond donors (Lipinski definition) is 0. The number of rotatable bonds is 4. The summed E-state index contributed by atoms with van der Waals surface area (Å²) >= 11 is 0. The van der Waals surface area contributed by atoms with E-state index < -0.39 is 0 Å². The van der Waals surface area contributed by atoms with Crippen LogP contribution in [0.5, 0.6) is 0 Å². The second-order valence-corrected chi connectivity index (χ2v) is 1.09. The standard InChI is InChI=1S/C5H7O2.Rb/c6-4-2-1-3-5-7;/h1,4-5H,2-3H2;/q-1;+1. The SMILES string of the molecule is O=CC[CH-]CC=O.[Rb+]. The summed E-state index contributed by atoms with van der Waals surface area (Å²) in [5.74, 6) is 0. The number of aldehydes is 2. The van der Waals surface area contributed by atoms with Crippen molar-refractivity contribution in [1.82, 2.24) is 0 Å². The summed E-state index contributed by atoms with van der Waals surface area (Å²) in [4.78, 5) is 19.1.